The normalized spacial score (nSPS) is 13.1. The fourth-order valence-electron chi connectivity index (χ4n) is 2.50. The first-order valence-electron chi connectivity index (χ1n) is 6.61. The molecule has 0 saturated heterocycles. The smallest absolute Gasteiger partial charge is 0.335 e. The first-order valence-corrected chi connectivity index (χ1v) is 7.42. The summed E-state index contributed by atoms with van der Waals surface area (Å²) in [5.74, 6) is 0.0366. The molecule has 21 heavy (non-hydrogen) atoms. The number of carbonyl (C=O) groups is 1. The minimum Gasteiger partial charge on any atom is -0.493 e. The number of carboxylic acid groups (broad SMARTS) is 1. The van der Waals surface area contributed by atoms with Crippen molar-refractivity contribution in [1.29, 1.82) is 0 Å². The van der Waals surface area contributed by atoms with E-state index in [1.54, 1.807) is 18.2 Å². The maximum Gasteiger partial charge on any atom is 0.335 e. The van der Waals surface area contributed by atoms with Gasteiger partial charge in [0.25, 0.3) is 0 Å². The predicted octanol–water partition coefficient (Wildman–Crippen LogP) is 3.60. The number of rotatable bonds is 2. The molecule has 0 radical (unpaired) electrons. The fraction of sp³-hybridized carbons (Fsp3) is 0.125. The number of thiazole rings is 1. The zero-order chi connectivity index (χ0) is 14.4. The van der Waals surface area contributed by atoms with Gasteiger partial charge in [0, 0.05) is 12.0 Å². The average Bonchev–Trinajstić information content (AvgIpc) is 3.11. The number of benzene rings is 2. The summed E-state index contributed by atoms with van der Waals surface area (Å²) < 4.78 is 6.40. The molecule has 2 heterocycles. The van der Waals surface area contributed by atoms with Gasteiger partial charge in [0.1, 0.15) is 10.8 Å². The molecular weight excluding hydrogens is 286 g/mol. The van der Waals surface area contributed by atoms with Crippen molar-refractivity contribution in [2.24, 2.45) is 0 Å². The second-order valence-electron chi connectivity index (χ2n) is 4.93. The average molecular weight is 297 g/mol. The molecule has 4 rings (SSSR count). The predicted molar refractivity (Wildman–Crippen MR) is 81.2 cm³/mol. The van der Waals surface area contributed by atoms with Gasteiger partial charge in [-0.3, -0.25) is 0 Å². The molecule has 0 bridgehead atoms. The summed E-state index contributed by atoms with van der Waals surface area (Å²) in [6.07, 6.45) is 0.928. The van der Waals surface area contributed by atoms with Crippen molar-refractivity contribution in [3.8, 4) is 16.3 Å². The van der Waals surface area contributed by atoms with Crippen LogP contribution < -0.4 is 4.74 Å². The van der Waals surface area contributed by atoms with Crippen LogP contribution in [0.5, 0.6) is 5.75 Å². The molecule has 1 aromatic heterocycles. The second kappa shape index (κ2) is 4.56. The number of ether oxygens (including phenoxy) is 1. The van der Waals surface area contributed by atoms with E-state index in [1.165, 1.54) is 16.9 Å². The molecule has 1 N–H and O–H groups in total. The Balaban J connectivity index is 1.81. The van der Waals surface area contributed by atoms with Crippen LogP contribution in [0.1, 0.15) is 15.9 Å². The largest absolute Gasteiger partial charge is 0.493 e. The maximum absolute atomic E-state index is 11.0. The Morgan fingerprint density at radius 1 is 1.24 bits per heavy atom. The van der Waals surface area contributed by atoms with Crippen molar-refractivity contribution in [3.05, 3.63) is 47.5 Å². The van der Waals surface area contributed by atoms with Crippen molar-refractivity contribution in [1.82, 2.24) is 4.98 Å². The molecule has 0 amide bonds. The molecular formula is C16H11NO3S. The Morgan fingerprint density at radius 2 is 2.14 bits per heavy atom. The van der Waals surface area contributed by atoms with Gasteiger partial charge < -0.3 is 9.84 Å². The van der Waals surface area contributed by atoms with Crippen molar-refractivity contribution in [3.63, 3.8) is 0 Å². The van der Waals surface area contributed by atoms with Gasteiger partial charge in [-0.2, -0.15) is 0 Å². The van der Waals surface area contributed by atoms with E-state index in [4.69, 9.17) is 9.84 Å². The number of carboxylic acids is 1. The van der Waals surface area contributed by atoms with Crippen LogP contribution in [0.25, 0.3) is 20.8 Å². The molecule has 2 aromatic carbocycles. The van der Waals surface area contributed by atoms with Gasteiger partial charge in [-0.25, -0.2) is 9.78 Å². The van der Waals surface area contributed by atoms with Gasteiger partial charge in [0.05, 0.1) is 22.4 Å². The number of aromatic nitrogens is 1. The summed E-state index contributed by atoms with van der Waals surface area (Å²) in [7, 11) is 0. The van der Waals surface area contributed by atoms with E-state index in [1.807, 2.05) is 12.1 Å². The molecule has 3 aromatic rings. The van der Waals surface area contributed by atoms with Crippen molar-refractivity contribution >= 4 is 27.5 Å². The highest BCUT2D eigenvalue weighted by Gasteiger charge is 2.15. The third-order valence-electron chi connectivity index (χ3n) is 3.57. The summed E-state index contributed by atoms with van der Waals surface area (Å²) in [5.41, 5.74) is 3.38. The highest BCUT2D eigenvalue weighted by atomic mass is 32.1. The Labute approximate surface area is 124 Å². The van der Waals surface area contributed by atoms with Gasteiger partial charge in [0.15, 0.2) is 0 Å². The Hall–Kier alpha value is -2.40. The Morgan fingerprint density at radius 3 is 3.00 bits per heavy atom. The molecule has 0 spiro atoms. The van der Waals surface area contributed by atoms with E-state index in [0.717, 1.165) is 39.6 Å². The molecule has 1 aliphatic rings. The van der Waals surface area contributed by atoms with Crippen LogP contribution >= 0.6 is 11.3 Å². The Kier molecular flexibility index (Phi) is 2.68. The molecule has 0 unspecified atom stereocenters. The number of hydrogen-bond donors (Lipinski definition) is 1. The lowest BCUT2D eigenvalue weighted by molar-refractivity contribution is 0.0697. The first-order chi connectivity index (χ1) is 10.2. The molecule has 0 saturated carbocycles. The van der Waals surface area contributed by atoms with E-state index in [2.05, 4.69) is 11.1 Å². The molecule has 0 aliphatic carbocycles. The standard InChI is InChI=1S/C16H11NO3S/c18-16(19)11-1-3-12-14(8-11)21-15(17-12)10-2-4-13-9(7-10)5-6-20-13/h1-4,7-8H,5-6H2,(H,18,19). The summed E-state index contributed by atoms with van der Waals surface area (Å²) in [5, 5.41) is 9.95. The Bertz CT molecular complexity index is 869. The SMILES string of the molecule is O=C(O)c1ccc2nc(-c3ccc4c(c3)CCO4)sc2c1. The van der Waals surface area contributed by atoms with Crippen molar-refractivity contribution in [2.75, 3.05) is 6.61 Å². The van der Waals surface area contributed by atoms with Crippen molar-refractivity contribution < 1.29 is 14.6 Å². The second-order valence-corrected chi connectivity index (χ2v) is 5.96. The van der Waals surface area contributed by atoms with Crippen molar-refractivity contribution in [2.45, 2.75) is 6.42 Å². The zero-order valence-electron chi connectivity index (χ0n) is 11.0. The third kappa shape index (κ3) is 2.06. The number of aromatic carboxylic acids is 1. The lowest BCUT2D eigenvalue weighted by Gasteiger charge is -2.00. The molecule has 1 aliphatic heterocycles. The molecule has 104 valence electrons. The lowest BCUT2D eigenvalue weighted by atomic mass is 10.1. The quantitative estimate of drug-likeness (QED) is 0.785. The van der Waals surface area contributed by atoms with Crippen LogP contribution in [-0.2, 0) is 6.42 Å². The van der Waals surface area contributed by atoms with E-state index in [0.29, 0.717) is 5.56 Å². The minimum atomic E-state index is -0.915. The zero-order valence-corrected chi connectivity index (χ0v) is 11.8. The lowest BCUT2D eigenvalue weighted by Crippen LogP contribution is -1.94. The number of fused-ring (bicyclic) bond motifs is 2. The van der Waals surface area contributed by atoms with Gasteiger partial charge in [0.2, 0.25) is 0 Å². The van der Waals surface area contributed by atoms with Gasteiger partial charge in [-0.15, -0.1) is 11.3 Å². The van der Waals surface area contributed by atoms with E-state index in [-0.39, 0.29) is 0 Å². The topological polar surface area (TPSA) is 59.4 Å². The highest BCUT2D eigenvalue weighted by molar-refractivity contribution is 7.21. The van der Waals surface area contributed by atoms with Crippen LogP contribution in [0.3, 0.4) is 0 Å². The first kappa shape index (κ1) is 12.3. The summed E-state index contributed by atoms with van der Waals surface area (Å²) in [6, 6.07) is 11.1. The van der Waals surface area contributed by atoms with Crippen LogP contribution in [0.4, 0.5) is 0 Å². The maximum atomic E-state index is 11.0. The van der Waals surface area contributed by atoms with Crippen LogP contribution in [-0.4, -0.2) is 22.7 Å². The molecule has 0 fully saturated rings. The number of nitrogens with zero attached hydrogens (tertiary/aromatic N) is 1. The molecule has 0 atom stereocenters. The summed E-state index contributed by atoms with van der Waals surface area (Å²) >= 11 is 1.51. The van der Waals surface area contributed by atoms with Crippen LogP contribution in [0.2, 0.25) is 0 Å². The molecule has 4 nitrogen and oxygen atoms in total. The van der Waals surface area contributed by atoms with Crippen LogP contribution in [0, 0.1) is 0 Å². The monoisotopic (exact) mass is 297 g/mol. The van der Waals surface area contributed by atoms with E-state index in [9.17, 15) is 4.79 Å². The summed E-state index contributed by atoms with van der Waals surface area (Å²) in [6.45, 7) is 0.737. The minimum absolute atomic E-state index is 0.292. The highest BCUT2D eigenvalue weighted by Crippen LogP contribution is 2.34. The van der Waals surface area contributed by atoms with Gasteiger partial charge in [-0.05, 0) is 42.0 Å². The van der Waals surface area contributed by atoms with E-state index >= 15 is 0 Å². The third-order valence-corrected chi connectivity index (χ3v) is 4.64. The summed E-state index contributed by atoms with van der Waals surface area (Å²) in [4.78, 5) is 15.6. The van der Waals surface area contributed by atoms with Gasteiger partial charge in [-0.1, -0.05) is 0 Å². The van der Waals surface area contributed by atoms with E-state index < -0.39 is 5.97 Å². The number of hydrogen-bond acceptors (Lipinski definition) is 4. The van der Waals surface area contributed by atoms with Gasteiger partial charge >= 0.3 is 5.97 Å². The molecule has 5 heteroatoms. The van der Waals surface area contributed by atoms with Crippen LogP contribution in [0.15, 0.2) is 36.4 Å². The fourth-order valence-corrected chi connectivity index (χ4v) is 3.50.